The molecule has 0 saturated heterocycles. The Morgan fingerprint density at radius 1 is 1.03 bits per heavy atom. The van der Waals surface area contributed by atoms with Crippen molar-refractivity contribution in [2.45, 2.75) is 44.7 Å². The lowest BCUT2D eigenvalue weighted by atomic mass is 9.87. The smallest absolute Gasteiger partial charge is 0.312 e. The van der Waals surface area contributed by atoms with Crippen molar-refractivity contribution in [2.24, 2.45) is 0 Å². The van der Waals surface area contributed by atoms with Gasteiger partial charge in [-0.2, -0.15) is 0 Å². The van der Waals surface area contributed by atoms with E-state index in [9.17, 15) is 14.7 Å². The third-order valence-electron chi connectivity index (χ3n) is 6.35. The van der Waals surface area contributed by atoms with Crippen molar-refractivity contribution in [3.05, 3.63) is 95.6 Å². The number of amides is 1. The van der Waals surface area contributed by atoms with E-state index in [4.69, 9.17) is 4.74 Å². The zero-order valence-electron chi connectivity index (χ0n) is 20.4. The van der Waals surface area contributed by atoms with Gasteiger partial charge >= 0.3 is 5.97 Å². The van der Waals surface area contributed by atoms with Gasteiger partial charge in [0.05, 0.1) is 18.2 Å². The molecule has 0 bridgehead atoms. The molecule has 3 aromatic carbocycles. The lowest BCUT2D eigenvalue weighted by Crippen LogP contribution is -2.49. The number of anilines is 1. The fourth-order valence-corrected chi connectivity index (χ4v) is 4.25. The minimum Gasteiger partial charge on any atom is -0.489 e. The summed E-state index contributed by atoms with van der Waals surface area (Å²) in [5.74, 6) is -1.22. The van der Waals surface area contributed by atoms with E-state index >= 15 is 0 Å². The summed E-state index contributed by atoms with van der Waals surface area (Å²) in [7, 11) is 0. The highest BCUT2D eigenvalue weighted by Gasteiger charge is 2.32. The number of hydrogen-bond acceptors (Lipinski definition) is 4. The maximum Gasteiger partial charge on any atom is 0.312 e. The molecule has 6 nitrogen and oxygen atoms in total. The van der Waals surface area contributed by atoms with Crippen molar-refractivity contribution in [2.75, 3.05) is 18.1 Å². The molecule has 182 valence electrons. The van der Waals surface area contributed by atoms with Crippen molar-refractivity contribution in [3.8, 4) is 5.75 Å². The molecule has 1 heterocycles. The molecule has 0 saturated carbocycles. The van der Waals surface area contributed by atoms with Gasteiger partial charge in [-0.25, -0.2) is 0 Å². The molecule has 0 fully saturated rings. The first kappa shape index (κ1) is 24.5. The van der Waals surface area contributed by atoms with Crippen LogP contribution in [0.4, 0.5) is 5.69 Å². The van der Waals surface area contributed by atoms with Gasteiger partial charge in [-0.1, -0.05) is 87.5 Å². The third kappa shape index (κ3) is 5.72. The van der Waals surface area contributed by atoms with Crippen LogP contribution in [0.1, 0.15) is 43.4 Å². The number of para-hydroxylation sites is 2. The largest absolute Gasteiger partial charge is 0.489 e. The number of fused-ring (bicyclic) bond motifs is 1. The Balaban J connectivity index is 1.56. The lowest BCUT2D eigenvalue weighted by molar-refractivity contribution is -0.139. The molecular weight excluding hydrogens is 440 g/mol. The van der Waals surface area contributed by atoms with E-state index in [0.29, 0.717) is 23.5 Å². The van der Waals surface area contributed by atoms with Crippen molar-refractivity contribution in [3.63, 3.8) is 0 Å². The van der Waals surface area contributed by atoms with Crippen molar-refractivity contribution < 1.29 is 19.4 Å². The minimum atomic E-state index is -0.940. The van der Waals surface area contributed by atoms with Gasteiger partial charge in [0.2, 0.25) is 5.91 Å². The fourth-order valence-electron chi connectivity index (χ4n) is 4.25. The second-order valence-corrected chi connectivity index (χ2v) is 9.91. The number of ether oxygens (including phenoxy) is 1. The molecule has 3 aromatic rings. The molecule has 35 heavy (non-hydrogen) atoms. The molecule has 0 radical (unpaired) electrons. The van der Waals surface area contributed by atoms with E-state index in [1.165, 1.54) is 5.56 Å². The van der Waals surface area contributed by atoms with Crippen molar-refractivity contribution >= 4 is 17.6 Å². The number of hydrogen-bond donors (Lipinski definition) is 2. The van der Waals surface area contributed by atoms with Crippen LogP contribution in [0.5, 0.6) is 5.75 Å². The Hall–Kier alpha value is -3.64. The van der Waals surface area contributed by atoms with Crippen LogP contribution in [0.2, 0.25) is 0 Å². The summed E-state index contributed by atoms with van der Waals surface area (Å²) in [5.41, 5.74) is 3.68. The number of benzene rings is 3. The van der Waals surface area contributed by atoms with Gasteiger partial charge in [-0.05, 0) is 34.2 Å². The Labute approximate surface area is 206 Å². The predicted molar refractivity (Wildman–Crippen MR) is 137 cm³/mol. The zero-order valence-corrected chi connectivity index (χ0v) is 20.4. The highest BCUT2D eigenvalue weighted by Crippen LogP contribution is 2.33. The van der Waals surface area contributed by atoms with Crippen LogP contribution >= 0.6 is 0 Å². The molecule has 1 amide bonds. The van der Waals surface area contributed by atoms with Gasteiger partial charge in [0.15, 0.2) is 0 Å². The molecule has 0 aliphatic carbocycles. The van der Waals surface area contributed by atoms with E-state index in [1.807, 2.05) is 42.5 Å². The number of carboxylic acids is 1. The van der Waals surface area contributed by atoms with E-state index in [1.54, 1.807) is 17.0 Å². The molecule has 6 heteroatoms. The van der Waals surface area contributed by atoms with E-state index in [-0.39, 0.29) is 24.5 Å². The number of nitrogens with one attached hydrogen (secondary N) is 1. The number of nitrogens with zero attached hydrogens (tertiary/aromatic N) is 1. The van der Waals surface area contributed by atoms with Crippen LogP contribution in [-0.4, -0.2) is 36.2 Å². The summed E-state index contributed by atoms with van der Waals surface area (Å²) < 4.78 is 5.99. The highest BCUT2D eigenvalue weighted by atomic mass is 16.5. The van der Waals surface area contributed by atoms with Crippen molar-refractivity contribution in [1.82, 2.24) is 5.32 Å². The summed E-state index contributed by atoms with van der Waals surface area (Å²) in [5, 5.41) is 13.0. The van der Waals surface area contributed by atoms with Gasteiger partial charge < -0.3 is 20.1 Å². The van der Waals surface area contributed by atoms with Crippen LogP contribution in [0.15, 0.2) is 78.9 Å². The van der Waals surface area contributed by atoms with Gasteiger partial charge in [-0.15, -0.1) is 0 Å². The molecule has 0 unspecified atom stereocenters. The average molecular weight is 473 g/mol. The Morgan fingerprint density at radius 3 is 2.34 bits per heavy atom. The Bertz CT molecular complexity index is 1170. The predicted octanol–water partition coefficient (Wildman–Crippen LogP) is 4.74. The summed E-state index contributed by atoms with van der Waals surface area (Å²) in [6.07, 6.45) is 0. The third-order valence-corrected chi connectivity index (χ3v) is 6.35. The molecule has 2 atom stereocenters. The van der Waals surface area contributed by atoms with E-state index < -0.39 is 17.9 Å². The van der Waals surface area contributed by atoms with Gasteiger partial charge in [0.25, 0.3) is 0 Å². The normalized spacial score (nSPS) is 16.7. The second kappa shape index (κ2) is 10.3. The number of carbonyl (C=O) groups is 2. The monoisotopic (exact) mass is 472 g/mol. The summed E-state index contributed by atoms with van der Waals surface area (Å²) in [6.45, 7) is 7.14. The summed E-state index contributed by atoms with van der Waals surface area (Å²) >= 11 is 0. The number of carbonyl (C=O) groups excluding carboxylic acids is 1. The van der Waals surface area contributed by atoms with Gasteiger partial charge in [0.1, 0.15) is 18.4 Å². The second-order valence-electron chi connectivity index (χ2n) is 9.91. The number of rotatable bonds is 7. The van der Waals surface area contributed by atoms with E-state index in [0.717, 1.165) is 5.56 Å². The van der Waals surface area contributed by atoms with Crippen molar-refractivity contribution in [1.29, 1.82) is 0 Å². The maximum absolute atomic E-state index is 13.7. The SMILES string of the molecule is CC(C)(C)c1ccc(CN2C(=O)[C@@H](NC[C@H](C(=O)O)c3ccccc3)COc3ccccc32)cc1. The molecule has 4 rings (SSSR count). The lowest BCUT2D eigenvalue weighted by Gasteiger charge is -2.26. The standard InChI is InChI=1S/C29H32N2O4/c1-29(2,3)22-15-13-20(14-16-22)18-31-25-11-7-8-12-26(25)35-19-24(27(31)32)30-17-23(28(33)34)21-9-5-4-6-10-21/h4-16,23-24,30H,17-19H2,1-3H3,(H,33,34)/t23-,24-/m0/s1. The topological polar surface area (TPSA) is 78.9 Å². The van der Waals surface area contributed by atoms with Crippen LogP contribution in [0.25, 0.3) is 0 Å². The number of carboxylic acid groups (broad SMARTS) is 1. The first-order chi connectivity index (χ1) is 16.7. The summed E-state index contributed by atoms with van der Waals surface area (Å²) in [4.78, 5) is 27.4. The Kier molecular flexibility index (Phi) is 7.22. The van der Waals surface area contributed by atoms with Crippen LogP contribution in [0.3, 0.4) is 0 Å². The van der Waals surface area contributed by atoms with Crippen LogP contribution in [-0.2, 0) is 21.5 Å². The van der Waals surface area contributed by atoms with Gasteiger partial charge in [-0.3, -0.25) is 9.59 Å². The van der Waals surface area contributed by atoms with Crippen LogP contribution in [0, 0.1) is 0 Å². The number of aliphatic carboxylic acids is 1. The molecule has 2 N–H and O–H groups in total. The van der Waals surface area contributed by atoms with Gasteiger partial charge in [0, 0.05) is 6.54 Å². The average Bonchev–Trinajstić information content (AvgIpc) is 2.97. The first-order valence-corrected chi connectivity index (χ1v) is 11.9. The molecule has 0 aromatic heterocycles. The highest BCUT2D eigenvalue weighted by molar-refractivity contribution is 5.99. The Morgan fingerprint density at radius 2 is 1.69 bits per heavy atom. The quantitative estimate of drug-likeness (QED) is 0.520. The molecule has 1 aliphatic heterocycles. The summed E-state index contributed by atoms with van der Waals surface area (Å²) in [6, 6.07) is 24.2. The molecule has 0 spiro atoms. The molecule has 1 aliphatic rings. The maximum atomic E-state index is 13.7. The van der Waals surface area contributed by atoms with E-state index in [2.05, 4.69) is 50.4 Å². The molecular formula is C29H32N2O4. The fraction of sp³-hybridized carbons (Fsp3) is 0.310. The van der Waals surface area contributed by atoms with Crippen LogP contribution < -0.4 is 15.0 Å². The minimum absolute atomic E-state index is 0.0475. The zero-order chi connectivity index (χ0) is 25.0. The first-order valence-electron chi connectivity index (χ1n) is 11.9.